The zero-order valence-corrected chi connectivity index (χ0v) is 23.6. The van der Waals surface area contributed by atoms with Gasteiger partial charge in [0.2, 0.25) is 0 Å². The van der Waals surface area contributed by atoms with Crippen molar-refractivity contribution in [3.8, 4) is 0 Å². The second-order valence-electron chi connectivity index (χ2n) is 14.6. The van der Waals surface area contributed by atoms with E-state index in [0.29, 0.717) is 25.7 Å². The Bertz CT molecular complexity index is 932. The lowest BCUT2D eigenvalue weighted by Gasteiger charge is -2.70. The van der Waals surface area contributed by atoms with E-state index in [-0.39, 0.29) is 34.4 Å². The van der Waals surface area contributed by atoms with Crippen LogP contribution in [0.1, 0.15) is 100 Å². The molecule has 0 radical (unpaired) electrons. The third kappa shape index (κ3) is 3.72. The minimum Gasteiger partial charge on any atom is -0.393 e. The van der Waals surface area contributed by atoms with Gasteiger partial charge in [0.15, 0.2) is 0 Å². The number of fused-ring (bicyclic) bond motifs is 5. The van der Waals surface area contributed by atoms with Crippen LogP contribution in [-0.4, -0.2) is 61.3 Å². The highest BCUT2D eigenvalue weighted by atomic mass is 16.4. The van der Waals surface area contributed by atoms with Gasteiger partial charge in [-0.05, 0) is 81.0 Å². The van der Waals surface area contributed by atoms with Crippen molar-refractivity contribution >= 4 is 5.78 Å². The van der Waals surface area contributed by atoms with Gasteiger partial charge in [0, 0.05) is 17.3 Å². The number of hydrogen-bond acceptors (Lipinski definition) is 6. The standard InChI is InChI=1S/C30H50O6/c1-16(13-20(32)25(35)27(4,5)36)17-9-12-29(7)18(17)14-19(31)24-28(6)11-10-22(33)26(2,3)21(28)15-23(34)30(24,29)8/h16,19-21,23-25,31-32,34-36H,9-15H2,1-8H3/t16-,19+,20+,21+,23-,24+,25-,28+,29+,30+/m1/s1. The minimum absolute atomic E-state index is 0.0171. The van der Waals surface area contributed by atoms with E-state index in [2.05, 4.69) is 27.7 Å². The normalized spacial score (nSPS) is 45.0. The lowest BCUT2D eigenvalue weighted by Crippen LogP contribution is -2.70. The van der Waals surface area contributed by atoms with E-state index in [0.717, 1.165) is 19.3 Å². The highest BCUT2D eigenvalue weighted by molar-refractivity contribution is 5.85. The average Bonchev–Trinajstić information content (AvgIpc) is 3.10. The molecule has 4 rings (SSSR count). The van der Waals surface area contributed by atoms with Crippen molar-refractivity contribution in [1.29, 1.82) is 0 Å². The van der Waals surface area contributed by atoms with Gasteiger partial charge in [-0.2, -0.15) is 0 Å². The van der Waals surface area contributed by atoms with E-state index in [1.807, 2.05) is 13.8 Å². The van der Waals surface area contributed by atoms with Gasteiger partial charge >= 0.3 is 0 Å². The maximum Gasteiger partial charge on any atom is 0.138 e. The molecule has 0 aromatic rings. The van der Waals surface area contributed by atoms with Gasteiger partial charge in [-0.25, -0.2) is 0 Å². The zero-order chi connectivity index (χ0) is 27.2. The number of aliphatic hydroxyl groups is 5. The molecule has 0 amide bonds. The predicted octanol–water partition coefficient (Wildman–Crippen LogP) is 3.77. The third-order valence-electron chi connectivity index (χ3n) is 12.0. The van der Waals surface area contributed by atoms with Crippen LogP contribution in [0.5, 0.6) is 0 Å². The second-order valence-corrected chi connectivity index (χ2v) is 14.6. The monoisotopic (exact) mass is 506 g/mol. The van der Waals surface area contributed by atoms with Gasteiger partial charge in [-0.1, -0.05) is 52.7 Å². The smallest absolute Gasteiger partial charge is 0.138 e. The van der Waals surface area contributed by atoms with Gasteiger partial charge < -0.3 is 25.5 Å². The summed E-state index contributed by atoms with van der Waals surface area (Å²) in [5.74, 6) is 0.164. The van der Waals surface area contributed by atoms with E-state index < -0.39 is 40.8 Å². The molecular weight excluding hydrogens is 456 g/mol. The lowest BCUT2D eigenvalue weighted by atomic mass is 9.35. The fourth-order valence-corrected chi connectivity index (χ4v) is 9.71. The Kier molecular flexibility index (Phi) is 6.75. The topological polar surface area (TPSA) is 118 Å². The number of rotatable bonds is 5. The molecule has 0 bridgehead atoms. The zero-order valence-electron chi connectivity index (χ0n) is 23.6. The minimum atomic E-state index is -1.39. The van der Waals surface area contributed by atoms with Gasteiger partial charge in [-0.15, -0.1) is 0 Å². The Morgan fingerprint density at radius 2 is 1.64 bits per heavy atom. The van der Waals surface area contributed by atoms with Crippen molar-refractivity contribution in [2.75, 3.05) is 0 Å². The summed E-state index contributed by atoms with van der Waals surface area (Å²) < 4.78 is 0. The fraction of sp³-hybridized carbons (Fsp3) is 0.900. The number of aliphatic hydroxyl groups excluding tert-OH is 4. The molecule has 0 spiro atoms. The number of ketones is 1. The van der Waals surface area contributed by atoms with Gasteiger partial charge in [0.05, 0.1) is 23.9 Å². The summed E-state index contributed by atoms with van der Waals surface area (Å²) in [5, 5.41) is 54.9. The van der Waals surface area contributed by atoms with Crippen LogP contribution in [0.15, 0.2) is 11.1 Å². The van der Waals surface area contributed by atoms with Crippen LogP contribution in [-0.2, 0) is 4.79 Å². The first-order valence-corrected chi connectivity index (χ1v) is 14.0. The third-order valence-corrected chi connectivity index (χ3v) is 12.0. The summed E-state index contributed by atoms with van der Waals surface area (Å²) in [4.78, 5) is 12.9. The Balaban J connectivity index is 1.72. The molecule has 206 valence electrons. The summed E-state index contributed by atoms with van der Waals surface area (Å²) in [5.41, 5.74) is -0.543. The second kappa shape index (κ2) is 8.61. The Labute approximate surface area is 217 Å². The van der Waals surface area contributed by atoms with Crippen LogP contribution < -0.4 is 0 Å². The van der Waals surface area contributed by atoms with E-state index in [1.54, 1.807) is 0 Å². The molecule has 4 aliphatic carbocycles. The molecule has 3 fully saturated rings. The van der Waals surface area contributed by atoms with Gasteiger partial charge in [0.25, 0.3) is 0 Å². The number of hydrogen-bond donors (Lipinski definition) is 5. The number of Topliss-reactive ketones (excluding diaryl/α,β-unsaturated/α-hetero) is 1. The number of carbonyl (C=O) groups excluding carboxylic acids is 1. The van der Waals surface area contributed by atoms with Crippen molar-refractivity contribution in [2.45, 2.75) is 130 Å². The molecular formula is C30H50O6. The first-order chi connectivity index (χ1) is 16.3. The molecule has 5 N–H and O–H groups in total. The van der Waals surface area contributed by atoms with Crippen LogP contribution in [0.25, 0.3) is 0 Å². The molecule has 4 aliphatic rings. The van der Waals surface area contributed by atoms with Crippen LogP contribution >= 0.6 is 0 Å². The first-order valence-electron chi connectivity index (χ1n) is 14.0. The van der Waals surface area contributed by atoms with E-state index in [1.165, 1.54) is 25.0 Å². The molecule has 0 heterocycles. The maximum absolute atomic E-state index is 12.9. The largest absolute Gasteiger partial charge is 0.393 e. The number of carbonyl (C=O) groups is 1. The molecule has 0 aromatic heterocycles. The van der Waals surface area contributed by atoms with Crippen LogP contribution in [0, 0.1) is 39.4 Å². The summed E-state index contributed by atoms with van der Waals surface area (Å²) in [6.07, 6.45) is 0.899. The number of allylic oxidation sites excluding steroid dienone is 1. The maximum atomic E-state index is 12.9. The van der Waals surface area contributed by atoms with E-state index in [4.69, 9.17) is 0 Å². The summed E-state index contributed by atoms with van der Waals surface area (Å²) in [6, 6.07) is 0. The fourth-order valence-electron chi connectivity index (χ4n) is 9.71. The highest BCUT2D eigenvalue weighted by Crippen LogP contribution is 2.74. The van der Waals surface area contributed by atoms with Crippen molar-refractivity contribution in [3.05, 3.63) is 11.1 Å². The van der Waals surface area contributed by atoms with Crippen LogP contribution in [0.2, 0.25) is 0 Å². The summed E-state index contributed by atoms with van der Waals surface area (Å²) in [6.45, 7) is 15.8. The van der Waals surface area contributed by atoms with Crippen LogP contribution in [0.4, 0.5) is 0 Å². The molecule has 0 saturated heterocycles. The summed E-state index contributed by atoms with van der Waals surface area (Å²) >= 11 is 0. The summed E-state index contributed by atoms with van der Waals surface area (Å²) in [7, 11) is 0. The van der Waals surface area contributed by atoms with Gasteiger partial charge in [-0.3, -0.25) is 4.79 Å². The molecule has 0 aliphatic heterocycles. The molecule has 0 unspecified atom stereocenters. The van der Waals surface area contributed by atoms with Crippen molar-refractivity contribution in [2.24, 2.45) is 39.4 Å². The van der Waals surface area contributed by atoms with Crippen molar-refractivity contribution < 1.29 is 30.3 Å². The SMILES string of the molecule is C[C@H](C[C@H](O)[C@@H](O)C(C)(C)O)C1=C2C[C@H](O)[C@H]3[C@@]4(C)CCC(=O)C(C)(C)[C@@H]4C[C@@H](O)[C@]3(C)[C@@]2(C)CC1. The first kappa shape index (κ1) is 28.2. The quantitative estimate of drug-likeness (QED) is 0.362. The average molecular weight is 507 g/mol. The molecule has 36 heavy (non-hydrogen) atoms. The lowest BCUT2D eigenvalue weighted by molar-refractivity contribution is -0.248. The molecule has 6 heteroatoms. The molecule has 6 nitrogen and oxygen atoms in total. The Hall–Kier alpha value is -0.790. The van der Waals surface area contributed by atoms with E-state index >= 15 is 0 Å². The predicted molar refractivity (Wildman–Crippen MR) is 139 cm³/mol. The van der Waals surface area contributed by atoms with Crippen LogP contribution in [0.3, 0.4) is 0 Å². The Morgan fingerprint density at radius 3 is 2.22 bits per heavy atom. The van der Waals surface area contributed by atoms with E-state index in [9.17, 15) is 30.3 Å². The van der Waals surface area contributed by atoms with Crippen molar-refractivity contribution in [3.63, 3.8) is 0 Å². The highest BCUT2D eigenvalue weighted by Gasteiger charge is 2.72. The van der Waals surface area contributed by atoms with Gasteiger partial charge in [0.1, 0.15) is 11.9 Å². The molecule has 3 saturated carbocycles. The Morgan fingerprint density at radius 1 is 1.03 bits per heavy atom. The molecule has 0 aromatic carbocycles. The molecule has 10 atom stereocenters. The van der Waals surface area contributed by atoms with Crippen molar-refractivity contribution in [1.82, 2.24) is 0 Å².